The molecule has 104 valence electrons. The van der Waals surface area contributed by atoms with Gasteiger partial charge in [-0.15, -0.1) is 0 Å². The molecule has 1 heterocycles. The van der Waals surface area contributed by atoms with E-state index in [1.807, 2.05) is 18.4 Å². The van der Waals surface area contributed by atoms with Crippen LogP contribution in [0.1, 0.15) is 48.7 Å². The predicted molar refractivity (Wildman–Crippen MR) is 71.3 cm³/mol. The van der Waals surface area contributed by atoms with Crippen LogP contribution in [0.15, 0.2) is 12.3 Å². The number of hydrogen-bond acceptors (Lipinski definition) is 2. The average Bonchev–Trinajstić information content (AvgIpc) is 3.12. The van der Waals surface area contributed by atoms with Crippen molar-refractivity contribution in [3.8, 4) is 0 Å². The van der Waals surface area contributed by atoms with E-state index < -0.39 is 5.97 Å². The first-order valence-corrected chi connectivity index (χ1v) is 6.78. The lowest BCUT2D eigenvalue weighted by Crippen LogP contribution is -2.33. The lowest BCUT2D eigenvalue weighted by atomic mass is 10.2. The fraction of sp³-hybridized carbons (Fsp3) is 0.571. The quantitative estimate of drug-likeness (QED) is 0.854. The molecule has 1 aliphatic carbocycles. The van der Waals surface area contributed by atoms with Crippen LogP contribution in [0.3, 0.4) is 0 Å². The van der Waals surface area contributed by atoms with Crippen molar-refractivity contribution in [1.82, 2.24) is 9.47 Å². The van der Waals surface area contributed by atoms with Crippen LogP contribution >= 0.6 is 0 Å². The zero-order valence-corrected chi connectivity index (χ0v) is 11.4. The molecule has 1 aromatic heterocycles. The van der Waals surface area contributed by atoms with E-state index in [4.69, 9.17) is 0 Å². The number of likely N-dealkylation sites (N-methyl/N-ethyl adjacent to an activating group) is 1. The van der Waals surface area contributed by atoms with Gasteiger partial charge < -0.3 is 14.6 Å². The number of rotatable bonds is 6. The van der Waals surface area contributed by atoms with Gasteiger partial charge in [-0.25, -0.2) is 4.79 Å². The molecule has 1 fully saturated rings. The Bertz CT molecular complexity index is 485. The van der Waals surface area contributed by atoms with E-state index in [1.54, 1.807) is 17.2 Å². The van der Waals surface area contributed by atoms with Crippen molar-refractivity contribution in [2.24, 2.45) is 0 Å². The molecule has 2 rings (SSSR count). The first-order chi connectivity index (χ1) is 9.08. The molecule has 0 bridgehead atoms. The Morgan fingerprint density at radius 2 is 2.00 bits per heavy atom. The molecule has 1 amide bonds. The SMILES string of the molecule is CCN(CC)C(=O)Cn1ccc(C(=O)O)c1C1CC1. The molecule has 0 aromatic carbocycles. The van der Waals surface area contributed by atoms with Crippen molar-refractivity contribution in [1.29, 1.82) is 0 Å². The molecule has 0 aliphatic heterocycles. The van der Waals surface area contributed by atoms with Crippen LogP contribution in [0.5, 0.6) is 0 Å². The van der Waals surface area contributed by atoms with Crippen molar-refractivity contribution in [3.05, 3.63) is 23.5 Å². The van der Waals surface area contributed by atoms with E-state index in [1.165, 1.54) is 0 Å². The van der Waals surface area contributed by atoms with Gasteiger partial charge >= 0.3 is 5.97 Å². The fourth-order valence-corrected chi connectivity index (χ4v) is 2.44. The Morgan fingerprint density at radius 3 is 2.47 bits per heavy atom. The smallest absolute Gasteiger partial charge is 0.337 e. The molecule has 5 heteroatoms. The summed E-state index contributed by atoms with van der Waals surface area (Å²) >= 11 is 0. The van der Waals surface area contributed by atoms with Gasteiger partial charge in [0.1, 0.15) is 6.54 Å². The van der Waals surface area contributed by atoms with Crippen LogP contribution in [0, 0.1) is 0 Å². The molecule has 0 atom stereocenters. The second kappa shape index (κ2) is 5.47. The molecule has 1 aromatic rings. The molecule has 1 saturated carbocycles. The lowest BCUT2D eigenvalue weighted by molar-refractivity contribution is -0.131. The number of carbonyl (C=O) groups is 2. The van der Waals surface area contributed by atoms with Gasteiger partial charge in [0.15, 0.2) is 0 Å². The van der Waals surface area contributed by atoms with Gasteiger partial charge in [-0.05, 0) is 32.8 Å². The number of aromatic carboxylic acids is 1. The second-order valence-corrected chi connectivity index (χ2v) is 4.89. The van der Waals surface area contributed by atoms with Crippen LogP contribution in [-0.2, 0) is 11.3 Å². The third-order valence-corrected chi connectivity index (χ3v) is 3.62. The van der Waals surface area contributed by atoms with Crippen LogP contribution in [0.2, 0.25) is 0 Å². The highest BCUT2D eigenvalue weighted by molar-refractivity contribution is 5.89. The minimum atomic E-state index is -0.907. The van der Waals surface area contributed by atoms with Crippen LogP contribution in [-0.4, -0.2) is 39.5 Å². The Balaban J connectivity index is 2.21. The van der Waals surface area contributed by atoms with E-state index in [0.717, 1.165) is 18.5 Å². The molecule has 1 aliphatic rings. The van der Waals surface area contributed by atoms with Crippen LogP contribution < -0.4 is 0 Å². The highest BCUT2D eigenvalue weighted by Gasteiger charge is 2.32. The zero-order chi connectivity index (χ0) is 14.0. The number of aromatic nitrogens is 1. The van der Waals surface area contributed by atoms with E-state index in [-0.39, 0.29) is 12.5 Å². The van der Waals surface area contributed by atoms with Gasteiger partial charge in [-0.2, -0.15) is 0 Å². The van der Waals surface area contributed by atoms with Crippen molar-refractivity contribution >= 4 is 11.9 Å². The van der Waals surface area contributed by atoms with Gasteiger partial charge in [0, 0.05) is 30.9 Å². The maximum absolute atomic E-state index is 12.1. The van der Waals surface area contributed by atoms with E-state index in [0.29, 0.717) is 24.6 Å². The van der Waals surface area contributed by atoms with E-state index in [9.17, 15) is 14.7 Å². The minimum absolute atomic E-state index is 0.0411. The standard InChI is InChI=1S/C14H20N2O3/c1-3-15(4-2)12(17)9-16-8-7-11(14(18)19)13(16)10-5-6-10/h7-8,10H,3-6,9H2,1-2H3,(H,18,19). The second-order valence-electron chi connectivity index (χ2n) is 4.89. The minimum Gasteiger partial charge on any atom is -0.478 e. The highest BCUT2D eigenvalue weighted by atomic mass is 16.4. The summed E-state index contributed by atoms with van der Waals surface area (Å²) in [6, 6.07) is 1.60. The molecule has 0 spiro atoms. The Morgan fingerprint density at radius 1 is 1.37 bits per heavy atom. The summed E-state index contributed by atoms with van der Waals surface area (Å²) in [4.78, 5) is 25.1. The topological polar surface area (TPSA) is 62.5 Å². The van der Waals surface area contributed by atoms with Crippen molar-refractivity contribution in [2.45, 2.75) is 39.2 Å². The molecular formula is C14H20N2O3. The average molecular weight is 264 g/mol. The molecule has 0 radical (unpaired) electrons. The van der Waals surface area contributed by atoms with Gasteiger partial charge in [0.2, 0.25) is 5.91 Å². The van der Waals surface area contributed by atoms with Gasteiger partial charge in [-0.3, -0.25) is 4.79 Å². The van der Waals surface area contributed by atoms with Crippen molar-refractivity contribution in [2.75, 3.05) is 13.1 Å². The molecule has 0 unspecified atom stereocenters. The molecule has 1 N–H and O–H groups in total. The summed E-state index contributed by atoms with van der Waals surface area (Å²) in [7, 11) is 0. The van der Waals surface area contributed by atoms with Gasteiger partial charge in [-0.1, -0.05) is 0 Å². The normalized spacial score (nSPS) is 14.4. The monoisotopic (exact) mass is 264 g/mol. The van der Waals surface area contributed by atoms with Crippen LogP contribution in [0.25, 0.3) is 0 Å². The third kappa shape index (κ3) is 2.80. The summed E-state index contributed by atoms with van der Waals surface area (Å²) in [5.74, 6) is -0.555. The predicted octanol–water partition coefficient (Wildman–Crippen LogP) is 1.93. The first-order valence-electron chi connectivity index (χ1n) is 6.78. The fourth-order valence-electron chi connectivity index (χ4n) is 2.44. The number of carboxylic acid groups (broad SMARTS) is 1. The van der Waals surface area contributed by atoms with Crippen molar-refractivity contribution in [3.63, 3.8) is 0 Å². The lowest BCUT2D eigenvalue weighted by Gasteiger charge is -2.20. The molecule has 0 saturated heterocycles. The number of carbonyl (C=O) groups excluding carboxylic acids is 1. The number of amides is 1. The summed E-state index contributed by atoms with van der Waals surface area (Å²) in [5.41, 5.74) is 1.16. The summed E-state index contributed by atoms with van der Waals surface area (Å²) in [6.07, 6.45) is 3.76. The largest absolute Gasteiger partial charge is 0.478 e. The number of hydrogen-bond donors (Lipinski definition) is 1. The zero-order valence-electron chi connectivity index (χ0n) is 11.4. The Kier molecular flexibility index (Phi) is 3.93. The van der Waals surface area contributed by atoms with Gasteiger partial charge in [0.25, 0.3) is 0 Å². The molecule has 5 nitrogen and oxygen atoms in total. The van der Waals surface area contributed by atoms with Gasteiger partial charge in [0.05, 0.1) is 5.56 Å². The number of carboxylic acids is 1. The molecule has 19 heavy (non-hydrogen) atoms. The Labute approximate surface area is 112 Å². The van der Waals surface area contributed by atoms with E-state index in [2.05, 4.69) is 0 Å². The summed E-state index contributed by atoms with van der Waals surface area (Å²) in [5, 5.41) is 9.18. The first kappa shape index (κ1) is 13.6. The Hall–Kier alpha value is -1.78. The molecular weight excluding hydrogens is 244 g/mol. The maximum Gasteiger partial charge on any atom is 0.337 e. The summed E-state index contributed by atoms with van der Waals surface area (Å²) in [6.45, 7) is 5.49. The van der Waals surface area contributed by atoms with Crippen LogP contribution in [0.4, 0.5) is 0 Å². The summed E-state index contributed by atoms with van der Waals surface area (Å²) < 4.78 is 1.81. The number of nitrogens with zero attached hydrogens (tertiary/aromatic N) is 2. The highest BCUT2D eigenvalue weighted by Crippen LogP contribution is 2.42. The van der Waals surface area contributed by atoms with E-state index >= 15 is 0 Å². The van der Waals surface area contributed by atoms with Crippen molar-refractivity contribution < 1.29 is 14.7 Å². The maximum atomic E-state index is 12.1. The third-order valence-electron chi connectivity index (χ3n) is 3.62.